The molecule has 1 rings (SSSR count). The van der Waals surface area contributed by atoms with Crippen molar-refractivity contribution in [2.24, 2.45) is 5.73 Å². The van der Waals surface area contributed by atoms with E-state index in [0.717, 1.165) is 25.9 Å². The quantitative estimate of drug-likeness (QED) is 0.686. The number of amides is 1. The molecule has 0 aliphatic heterocycles. The highest BCUT2D eigenvalue weighted by molar-refractivity contribution is 5.73. The summed E-state index contributed by atoms with van der Waals surface area (Å²) in [4.78, 5) is 10.5. The van der Waals surface area contributed by atoms with Gasteiger partial charge in [0.25, 0.3) is 0 Å². The smallest absolute Gasteiger partial charge is 0.217 e. The molecule has 1 aromatic rings. The molecule has 1 aromatic carbocycles. The second-order valence-electron chi connectivity index (χ2n) is 3.92. The Morgan fingerprint density at radius 3 is 2.44 bits per heavy atom. The van der Waals surface area contributed by atoms with Crippen LogP contribution in [0.5, 0.6) is 0 Å². The second kappa shape index (κ2) is 7.01. The molecule has 1 amide bonds. The van der Waals surface area contributed by atoms with Crippen molar-refractivity contribution in [1.29, 1.82) is 0 Å². The van der Waals surface area contributed by atoms with Crippen LogP contribution in [0, 0.1) is 0 Å². The summed E-state index contributed by atoms with van der Waals surface area (Å²) in [5.74, 6) is -0.228. The first-order valence-electron chi connectivity index (χ1n) is 5.79. The van der Waals surface area contributed by atoms with Gasteiger partial charge in [-0.05, 0) is 30.5 Å². The van der Waals surface area contributed by atoms with E-state index in [4.69, 9.17) is 5.73 Å². The van der Waals surface area contributed by atoms with Gasteiger partial charge in [-0.15, -0.1) is 0 Å². The molecule has 0 spiro atoms. The number of hydrogen-bond donors (Lipinski definition) is 2. The Kier molecular flexibility index (Phi) is 5.57. The molecule has 0 saturated heterocycles. The number of nitrogens with one attached hydrogen (secondary N) is 1. The molecular weight excluding hydrogens is 200 g/mol. The number of nitrogens with two attached hydrogens (primary N) is 1. The van der Waals surface area contributed by atoms with Gasteiger partial charge in [-0.3, -0.25) is 4.79 Å². The lowest BCUT2D eigenvalue weighted by Gasteiger charge is -2.05. The third-order valence-electron chi connectivity index (χ3n) is 2.54. The molecule has 0 fully saturated rings. The highest BCUT2D eigenvalue weighted by Crippen LogP contribution is 2.04. The maximum absolute atomic E-state index is 10.5. The van der Waals surface area contributed by atoms with E-state index in [-0.39, 0.29) is 5.91 Å². The topological polar surface area (TPSA) is 55.1 Å². The number of primary amides is 1. The van der Waals surface area contributed by atoms with Crippen LogP contribution >= 0.6 is 0 Å². The molecule has 88 valence electrons. The summed E-state index contributed by atoms with van der Waals surface area (Å²) < 4.78 is 0. The van der Waals surface area contributed by atoms with E-state index >= 15 is 0 Å². The highest BCUT2D eigenvalue weighted by Gasteiger charge is 1.95. The van der Waals surface area contributed by atoms with Crippen molar-refractivity contribution in [1.82, 2.24) is 5.32 Å². The lowest BCUT2D eigenvalue weighted by atomic mass is 10.1. The fraction of sp³-hybridized carbons (Fsp3) is 0.462. The molecule has 0 bridgehead atoms. The third kappa shape index (κ3) is 4.94. The number of benzene rings is 1. The van der Waals surface area contributed by atoms with Crippen LogP contribution in [0.15, 0.2) is 24.3 Å². The van der Waals surface area contributed by atoms with E-state index < -0.39 is 0 Å². The fourth-order valence-corrected chi connectivity index (χ4v) is 1.51. The molecule has 16 heavy (non-hydrogen) atoms. The standard InChI is InChI=1S/C13H20N2O/c1-2-11-5-7-12(8-6-11)10-15-9-3-4-13(14)16/h5-8,15H,2-4,9-10H2,1H3,(H2,14,16). The normalized spacial score (nSPS) is 10.3. The predicted octanol–water partition coefficient (Wildman–Crippen LogP) is 1.60. The van der Waals surface area contributed by atoms with Crippen LogP contribution in [0.25, 0.3) is 0 Å². The molecule has 0 heterocycles. The van der Waals surface area contributed by atoms with E-state index in [9.17, 15) is 4.79 Å². The van der Waals surface area contributed by atoms with E-state index in [0.29, 0.717) is 6.42 Å². The van der Waals surface area contributed by atoms with Gasteiger partial charge in [0.1, 0.15) is 0 Å². The van der Waals surface area contributed by atoms with Gasteiger partial charge in [0, 0.05) is 13.0 Å². The average Bonchev–Trinajstić information content (AvgIpc) is 2.29. The maximum Gasteiger partial charge on any atom is 0.217 e. The van der Waals surface area contributed by atoms with Gasteiger partial charge in [0.15, 0.2) is 0 Å². The molecule has 0 radical (unpaired) electrons. The number of hydrogen-bond acceptors (Lipinski definition) is 2. The van der Waals surface area contributed by atoms with Crippen molar-refractivity contribution >= 4 is 5.91 Å². The Bertz CT molecular complexity index is 319. The Balaban J connectivity index is 2.19. The molecule has 3 N–H and O–H groups in total. The molecule has 0 unspecified atom stereocenters. The van der Waals surface area contributed by atoms with Crippen LogP contribution in [-0.2, 0) is 17.8 Å². The van der Waals surface area contributed by atoms with Gasteiger partial charge < -0.3 is 11.1 Å². The molecule has 0 atom stereocenters. The van der Waals surface area contributed by atoms with Gasteiger partial charge in [-0.2, -0.15) is 0 Å². The third-order valence-corrected chi connectivity index (χ3v) is 2.54. The molecular formula is C13H20N2O. The molecule has 3 heteroatoms. The van der Waals surface area contributed by atoms with Crippen molar-refractivity contribution in [3.05, 3.63) is 35.4 Å². The second-order valence-corrected chi connectivity index (χ2v) is 3.92. The largest absolute Gasteiger partial charge is 0.370 e. The van der Waals surface area contributed by atoms with Crippen molar-refractivity contribution < 1.29 is 4.79 Å². The van der Waals surface area contributed by atoms with Crippen LogP contribution in [0.4, 0.5) is 0 Å². The minimum absolute atomic E-state index is 0.228. The predicted molar refractivity (Wildman–Crippen MR) is 66.0 cm³/mol. The van der Waals surface area contributed by atoms with Gasteiger partial charge >= 0.3 is 0 Å². The van der Waals surface area contributed by atoms with E-state index in [1.807, 2.05) is 0 Å². The first-order chi connectivity index (χ1) is 7.72. The van der Waals surface area contributed by atoms with Gasteiger partial charge in [-0.25, -0.2) is 0 Å². The summed E-state index contributed by atoms with van der Waals surface area (Å²) in [5, 5.41) is 3.29. The molecule has 3 nitrogen and oxygen atoms in total. The molecule has 0 saturated carbocycles. The van der Waals surface area contributed by atoms with E-state index in [1.165, 1.54) is 11.1 Å². The number of carbonyl (C=O) groups is 1. The molecule has 0 aliphatic carbocycles. The van der Waals surface area contributed by atoms with E-state index in [1.54, 1.807) is 0 Å². The number of aryl methyl sites for hydroxylation is 1. The summed E-state index contributed by atoms with van der Waals surface area (Å²) in [7, 11) is 0. The number of rotatable bonds is 7. The fourth-order valence-electron chi connectivity index (χ4n) is 1.51. The minimum atomic E-state index is -0.228. The van der Waals surface area contributed by atoms with Crippen molar-refractivity contribution in [3.63, 3.8) is 0 Å². The monoisotopic (exact) mass is 220 g/mol. The zero-order chi connectivity index (χ0) is 11.8. The Morgan fingerprint density at radius 1 is 1.25 bits per heavy atom. The zero-order valence-corrected chi connectivity index (χ0v) is 9.83. The Morgan fingerprint density at radius 2 is 1.88 bits per heavy atom. The van der Waals surface area contributed by atoms with Crippen molar-refractivity contribution in [2.45, 2.75) is 32.7 Å². The van der Waals surface area contributed by atoms with Gasteiger partial charge in [-0.1, -0.05) is 31.2 Å². The summed E-state index contributed by atoms with van der Waals surface area (Å²) in [6.45, 7) is 3.83. The van der Waals surface area contributed by atoms with E-state index in [2.05, 4.69) is 36.5 Å². The summed E-state index contributed by atoms with van der Waals surface area (Å²) >= 11 is 0. The molecule has 0 aromatic heterocycles. The maximum atomic E-state index is 10.5. The highest BCUT2D eigenvalue weighted by atomic mass is 16.1. The SMILES string of the molecule is CCc1ccc(CNCCCC(N)=O)cc1. The Labute approximate surface area is 97.0 Å². The van der Waals surface area contributed by atoms with Gasteiger partial charge in [0.05, 0.1) is 0 Å². The first kappa shape index (κ1) is 12.7. The lowest BCUT2D eigenvalue weighted by molar-refractivity contribution is -0.118. The summed E-state index contributed by atoms with van der Waals surface area (Å²) in [5.41, 5.74) is 7.68. The van der Waals surface area contributed by atoms with Crippen LogP contribution in [0.1, 0.15) is 30.9 Å². The zero-order valence-electron chi connectivity index (χ0n) is 9.83. The van der Waals surface area contributed by atoms with Crippen LogP contribution < -0.4 is 11.1 Å². The van der Waals surface area contributed by atoms with Crippen LogP contribution in [0.2, 0.25) is 0 Å². The van der Waals surface area contributed by atoms with Crippen LogP contribution in [-0.4, -0.2) is 12.5 Å². The minimum Gasteiger partial charge on any atom is -0.370 e. The summed E-state index contributed by atoms with van der Waals surface area (Å²) in [6, 6.07) is 8.58. The van der Waals surface area contributed by atoms with Crippen molar-refractivity contribution in [2.75, 3.05) is 6.54 Å². The lowest BCUT2D eigenvalue weighted by Crippen LogP contribution is -2.18. The number of carbonyl (C=O) groups excluding carboxylic acids is 1. The Hall–Kier alpha value is -1.35. The average molecular weight is 220 g/mol. The van der Waals surface area contributed by atoms with Crippen LogP contribution in [0.3, 0.4) is 0 Å². The first-order valence-corrected chi connectivity index (χ1v) is 5.79. The van der Waals surface area contributed by atoms with Crippen molar-refractivity contribution in [3.8, 4) is 0 Å². The summed E-state index contributed by atoms with van der Waals surface area (Å²) in [6.07, 6.45) is 2.34. The molecule has 0 aliphatic rings. The van der Waals surface area contributed by atoms with Gasteiger partial charge in [0.2, 0.25) is 5.91 Å².